The summed E-state index contributed by atoms with van der Waals surface area (Å²) in [6, 6.07) is 7.03. The molecular formula is C12H15ClN4O2S. The van der Waals surface area contributed by atoms with E-state index in [4.69, 9.17) is 11.6 Å². The zero-order valence-corrected chi connectivity index (χ0v) is 12.5. The van der Waals surface area contributed by atoms with Crippen LogP contribution in [0.15, 0.2) is 30.6 Å². The minimum atomic E-state index is -3.37. The Balaban J connectivity index is 2.21. The molecule has 2 aromatic rings. The largest absolute Gasteiger partial charge is 0.317 e. The Labute approximate surface area is 122 Å². The van der Waals surface area contributed by atoms with Crippen LogP contribution in [-0.2, 0) is 17.1 Å². The van der Waals surface area contributed by atoms with Gasteiger partial charge in [-0.1, -0.05) is 12.1 Å². The van der Waals surface area contributed by atoms with Crippen LogP contribution in [-0.4, -0.2) is 34.8 Å². The molecule has 1 N–H and O–H groups in total. The van der Waals surface area contributed by atoms with E-state index in [0.29, 0.717) is 23.8 Å². The standard InChI is InChI=1S/C12H15ClN4O2S/c1-17-9-14-15-12(17)10-4-2-5-11(8-10)16-20(18,19)7-3-6-13/h2,4-5,8-9,16H,3,6-7H2,1H3. The number of hydrogen-bond acceptors (Lipinski definition) is 4. The fraction of sp³-hybridized carbons (Fsp3) is 0.333. The highest BCUT2D eigenvalue weighted by Gasteiger charge is 2.11. The maximum atomic E-state index is 11.8. The lowest BCUT2D eigenvalue weighted by molar-refractivity contribution is 0.600. The fourth-order valence-corrected chi connectivity index (χ4v) is 3.15. The Bertz CT molecular complexity index is 684. The lowest BCUT2D eigenvalue weighted by atomic mass is 10.2. The van der Waals surface area contributed by atoms with Gasteiger partial charge in [-0.25, -0.2) is 8.42 Å². The molecule has 20 heavy (non-hydrogen) atoms. The van der Waals surface area contributed by atoms with E-state index in [0.717, 1.165) is 5.56 Å². The van der Waals surface area contributed by atoms with Gasteiger partial charge in [-0.05, 0) is 18.6 Å². The number of aromatic nitrogens is 3. The third-order valence-electron chi connectivity index (χ3n) is 2.65. The predicted molar refractivity (Wildman–Crippen MR) is 79.2 cm³/mol. The van der Waals surface area contributed by atoms with Crippen LogP contribution >= 0.6 is 11.6 Å². The number of anilines is 1. The molecule has 2 rings (SSSR count). The summed E-state index contributed by atoms with van der Waals surface area (Å²) in [7, 11) is -1.54. The van der Waals surface area contributed by atoms with Crippen molar-refractivity contribution in [3.8, 4) is 11.4 Å². The second-order valence-corrected chi connectivity index (χ2v) is 6.53. The van der Waals surface area contributed by atoms with Crippen LogP contribution in [0.25, 0.3) is 11.4 Å². The summed E-state index contributed by atoms with van der Waals surface area (Å²) < 4.78 is 27.9. The summed E-state index contributed by atoms with van der Waals surface area (Å²) in [4.78, 5) is 0. The average molecular weight is 315 g/mol. The number of hydrogen-bond donors (Lipinski definition) is 1. The molecule has 0 radical (unpaired) electrons. The molecule has 0 spiro atoms. The number of halogens is 1. The summed E-state index contributed by atoms with van der Waals surface area (Å²) in [6.45, 7) is 0. The van der Waals surface area contributed by atoms with Gasteiger partial charge in [0, 0.05) is 24.2 Å². The third-order valence-corrected chi connectivity index (χ3v) is 4.29. The van der Waals surface area contributed by atoms with Crippen LogP contribution in [0.1, 0.15) is 6.42 Å². The van der Waals surface area contributed by atoms with Crippen LogP contribution in [0.5, 0.6) is 0 Å². The van der Waals surface area contributed by atoms with Crippen LogP contribution in [0.4, 0.5) is 5.69 Å². The van der Waals surface area contributed by atoms with Crippen LogP contribution in [0, 0.1) is 0 Å². The molecule has 1 heterocycles. The molecule has 0 bridgehead atoms. The van der Waals surface area contributed by atoms with E-state index in [9.17, 15) is 8.42 Å². The maximum Gasteiger partial charge on any atom is 0.232 e. The molecule has 0 aliphatic rings. The molecule has 1 aromatic carbocycles. The van der Waals surface area contributed by atoms with Gasteiger partial charge in [0.1, 0.15) is 6.33 Å². The maximum absolute atomic E-state index is 11.8. The number of alkyl halides is 1. The minimum absolute atomic E-state index is 0.00465. The highest BCUT2D eigenvalue weighted by molar-refractivity contribution is 7.92. The Morgan fingerprint density at radius 1 is 1.40 bits per heavy atom. The van der Waals surface area contributed by atoms with E-state index < -0.39 is 10.0 Å². The first-order valence-electron chi connectivity index (χ1n) is 6.03. The molecule has 6 nitrogen and oxygen atoms in total. The smallest absolute Gasteiger partial charge is 0.232 e. The van der Waals surface area contributed by atoms with Gasteiger partial charge in [-0.15, -0.1) is 21.8 Å². The van der Waals surface area contributed by atoms with Gasteiger partial charge in [-0.2, -0.15) is 0 Å². The first-order chi connectivity index (χ1) is 9.52. The van der Waals surface area contributed by atoms with Crippen molar-refractivity contribution >= 4 is 27.3 Å². The summed E-state index contributed by atoms with van der Waals surface area (Å²) in [5.74, 6) is 0.997. The van der Waals surface area contributed by atoms with Gasteiger partial charge in [-0.3, -0.25) is 4.72 Å². The van der Waals surface area contributed by atoms with Crippen molar-refractivity contribution in [2.75, 3.05) is 16.4 Å². The van der Waals surface area contributed by atoms with Crippen LogP contribution in [0.3, 0.4) is 0 Å². The molecule has 0 saturated heterocycles. The van der Waals surface area contributed by atoms with Crippen molar-refractivity contribution in [2.45, 2.75) is 6.42 Å². The molecule has 0 aliphatic heterocycles. The molecule has 0 saturated carbocycles. The molecule has 0 fully saturated rings. The molecule has 8 heteroatoms. The van der Waals surface area contributed by atoms with E-state index in [1.165, 1.54) is 0 Å². The van der Waals surface area contributed by atoms with Gasteiger partial charge in [0.05, 0.1) is 5.75 Å². The zero-order valence-electron chi connectivity index (χ0n) is 11.0. The predicted octanol–water partition coefficient (Wildman–Crippen LogP) is 1.85. The number of rotatable bonds is 6. The SMILES string of the molecule is Cn1cnnc1-c1cccc(NS(=O)(=O)CCCCl)c1. The molecule has 1 aromatic heterocycles. The van der Waals surface area contributed by atoms with E-state index >= 15 is 0 Å². The van der Waals surface area contributed by atoms with Crippen molar-refractivity contribution in [2.24, 2.45) is 7.05 Å². The average Bonchev–Trinajstić information content (AvgIpc) is 2.82. The van der Waals surface area contributed by atoms with Crippen molar-refractivity contribution < 1.29 is 8.42 Å². The van der Waals surface area contributed by atoms with Gasteiger partial charge in [0.2, 0.25) is 10.0 Å². The van der Waals surface area contributed by atoms with E-state index in [2.05, 4.69) is 14.9 Å². The normalized spacial score (nSPS) is 11.5. The fourth-order valence-electron chi connectivity index (χ4n) is 1.74. The topological polar surface area (TPSA) is 76.9 Å². The van der Waals surface area contributed by atoms with Crippen LogP contribution in [0.2, 0.25) is 0 Å². The van der Waals surface area contributed by atoms with E-state index in [1.807, 2.05) is 13.1 Å². The number of sulfonamides is 1. The Morgan fingerprint density at radius 3 is 2.85 bits per heavy atom. The molecule has 0 unspecified atom stereocenters. The monoisotopic (exact) mass is 314 g/mol. The number of nitrogens with one attached hydrogen (secondary N) is 1. The van der Waals surface area contributed by atoms with E-state index in [-0.39, 0.29) is 5.75 Å². The molecule has 108 valence electrons. The quantitative estimate of drug-likeness (QED) is 0.826. The highest BCUT2D eigenvalue weighted by Crippen LogP contribution is 2.20. The lowest BCUT2D eigenvalue weighted by Crippen LogP contribution is -2.17. The Morgan fingerprint density at radius 2 is 2.20 bits per heavy atom. The third kappa shape index (κ3) is 3.71. The highest BCUT2D eigenvalue weighted by atomic mass is 35.5. The Hall–Kier alpha value is -1.60. The van der Waals surface area contributed by atoms with Gasteiger partial charge < -0.3 is 4.57 Å². The van der Waals surface area contributed by atoms with Crippen molar-refractivity contribution in [1.29, 1.82) is 0 Å². The van der Waals surface area contributed by atoms with Gasteiger partial charge >= 0.3 is 0 Å². The summed E-state index contributed by atoms with van der Waals surface area (Å²) in [5.41, 5.74) is 1.29. The lowest BCUT2D eigenvalue weighted by Gasteiger charge is -2.08. The summed E-state index contributed by atoms with van der Waals surface area (Å²) in [5, 5.41) is 7.79. The second kappa shape index (κ2) is 6.23. The molecule has 0 amide bonds. The van der Waals surface area contributed by atoms with Crippen molar-refractivity contribution in [1.82, 2.24) is 14.8 Å². The number of aryl methyl sites for hydroxylation is 1. The number of nitrogens with zero attached hydrogens (tertiary/aromatic N) is 3. The van der Waals surface area contributed by atoms with Gasteiger partial charge in [0.25, 0.3) is 0 Å². The summed E-state index contributed by atoms with van der Waals surface area (Å²) >= 11 is 5.51. The summed E-state index contributed by atoms with van der Waals surface area (Å²) in [6.07, 6.45) is 2.01. The minimum Gasteiger partial charge on any atom is -0.317 e. The van der Waals surface area contributed by atoms with Crippen molar-refractivity contribution in [3.63, 3.8) is 0 Å². The van der Waals surface area contributed by atoms with Crippen molar-refractivity contribution in [3.05, 3.63) is 30.6 Å². The first-order valence-corrected chi connectivity index (χ1v) is 8.21. The van der Waals surface area contributed by atoms with E-state index in [1.54, 1.807) is 29.1 Å². The first kappa shape index (κ1) is 14.8. The molecule has 0 atom stereocenters. The Kier molecular flexibility index (Phi) is 4.61. The van der Waals surface area contributed by atoms with Gasteiger partial charge in [0.15, 0.2) is 5.82 Å². The second-order valence-electron chi connectivity index (χ2n) is 4.31. The van der Waals surface area contributed by atoms with Crippen LogP contribution < -0.4 is 4.72 Å². The number of benzene rings is 1. The zero-order chi connectivity index (χ0) is 14.6. The molecule has 0 aliphatic carbocycles. The molecular weight excluding hydrogens is 300 g/mol.